The largest absolute Gasteiger partial charge is 0.383 e. The minimum Gasteiger partial charge on any atom is -0.383 e. The molecule has 106 valence electrons. The molecule has 0 aromatic heterocycles. The quantitative estimate of drug-likeness (QED) is 0.727. The second-order valence-corrected chi connectivity index (χ2v) is 5.73. The normalized spacial score (nSPS) is 36.9. The Balaban J connectivity index is 2.25. The molecule has 2 rings (SSSR count). The van der Waals surface area contributed by atoms with Crippen molar-refractivity contribution in [2.24, 2.45) is 0 Å². The maximum absolute atomic E-state index is 9.32. The van der Waals surface area contributed by atoms with Gasteiger partial charge in [0, 0.05) is 20.3 Å². The Kier molecular flexibility index (Phi) is 3.86. The molecule has 5 heteroatoms. The monoisotopic (exact) mass is 266 g/mol. The zero-order chi connectivity index (χ0) is 14.2. The van der Waals surface area contributed by atoms with Crippen molar-refractivity contribution < 1.29 is 14.2 Å². The molecule has 19 heavy (non-hydrogen) atoms. The smallest absolute Gasteiger partial charge is 0.164 e. The van der Waals surface area contributed by atoms with E-state index in [9.17, 15) is 5.26 Å². The Morgan fingerprint density at radius 3 is 2.47 bits per heavy atom. The van der Waals surface area contributed by atoms with Crippen LogP contribution in [0.25, 0.3) is 0 Å². The topological polar surface area (TPSA) is 54.7 Å². The molecule has 0 radical (unpaired) electrons. The highest BCUT2D eigenvalue weighted by molar-refractivity contribution is 5.29. The van der Waals surface area contributed by atoms with Gasteiger partial charge in [0.15, 0.2) is 5.79 Å². The van der Waals surface area contributed by atoms with Crippen LogP contribution in [-0.4, -0.2) is 49.2 Å². The number of ether oxygens (including phenoxy) is 3. The van der Waals surface area contributed by atoms with Crippen LogP contribution in [0.1, 0.15) is 27.2 Å². The number of nitrogens with zero attached hydrogens (tertiary/aromatic N) is 2. The van der Waals surface area contributed by atoms with E-state index >= 15 is 0 Å². The van der Waals surface area contributed by atoms with Crippen molar-refractivity contribution in [1.82, 2.24) is 4.90 Å². The van der Waals surface area contributed by atoms with E-state index in [4.69, 9.17) is 14.2 Å². The highest BCUT2D eigenvalue weighted by atomic mass is 16.8. The van der Waals surface area contributed by atoms with Crippen molar-refractivity contribution in [3.63, 3.8) is 0 Å². The van der Waals surface area contributed by atoms with Gasteiger partial charge in [0.05, 0.1) is 17.7 Å². The summed E-state index contributed by atoms with van der Waals surface area (Å²) in [5.74, 6) is -0.608. The van der Waals surface area contributed by atoms with Gasteiger partial charge in [0.1, 0.15) is 18.3 Å². The summed E-state index contributed by atoms with van der Waals surface area (Å²) in [5.41, 5.74) is 0.581. The SMILES string of the molecule is CC[C@H]1O[C@@H](/C(C#N)=C/N(C)C)[C@H]2OC(C)(C)OC12. The average molecular weight is 266 g/mol. The van der Waals surface area contributed by atoms with Crippen LogP contribution in [0.15, 0.2) is 11.8 Å². The molecule has 0 aromatic rings. The van der Waals surface area contributed by atoms with Gasteiger partial charge in [0.2, 0.25) is 0 Å². The fourth-order valence-electron chi connectivity index (χ4n) is 2.70. The van der Waals surface area contributed by atoms with E-state index in [0.29, 0.717) is 5.57 Å². The number of hydrogen-bond acceptors (Lipinski definition) is 5. The van der Waals surface area contributed by atoms with Crippen LogP contribution in [0.4, 0.5) is 0 Å². The molecule has 0 saturated carbocycles. The van der Waals surface area contributed by atoms with Crippen molar-refractivity contribution in [2.75, 3.05) is 14.1 Å². The van der Waals surface area contributed by atoms with Gasteiger partial charge < -0.3 is 19.1 Å². The lowest BCUT2D eigenvalue weighted by molar-refractivity contribution is -0.182. The van der Waals surface area contributed by atoms with E-state index in [-0.39, 0.29) is 24.4 Å². The summed E-state index contributed by atoms with van der Waals surface area (Å²) in [4.78, 5) is 1.84. The summed E-state index contributed by atoms with van der Waals surface area (Å²) < 4.78 is 17.8. The Morgan fingerprint density at radius 1 is 1.32 bits per heavy atom. The van der Waals surface area contributed by atoms with E-state index in [1.807, 2.05) is 32.8 Å². The second kappa shape index (κ2) is 5.12. The van der Waals surface area contributed by atoms with Crippen molar-refractivity contribution in [1.29, 1.82) is 5.26 Å². The summed E-state index contributed by atoms with van der Waals surface area (Å²) in [6, 6.07) is 2.22. The molecule has 0 aromatic carbocycles. The summed E-state index contributed by atoms with van der Waals surface area (Å²) >= 11 is 0. The highest BCUT2D eigenvalue weighted by Crippen LogP contribution is 2.41. The molecule has 2 fully saturated rings. The molecule has 0 bridgehead atoms. The first-order valence-corrected chi connectivity index (χ1v) is 6.67. The average Bonchev–Trinajstić information content (AvgIpc) is 2.79. The van der Waals surface area contributed by atoms with Gasteiger partial charge in [-0.05, 0) is 20.3 Å². The molecule has 1 unspecified atom stereocenters. The van der Waals surface area contributed by atoms with Gasteiger partial charge >= 0.3 is 0 Å². The number of fused-ring (bicyclic) bond motifs is 1. The minimum absolute atomic E-state index is 0.0179. The minimum atomic E-state index is -0.608. The van der Waals surface area contributed by atoms with Crippen molar-refractivity contribution in [3.8, 4) is 6.07 Å². The molecule has 0 aliphatic carbocycles. The van der Waals surface area contributed by atoms with Crippen LogP contribution in [0.2, 0.25) is 0 Å². The predicted octanol–water partition coefficient (Wildman–Crippen LogP) is 1.65. The first-order chi connectivity index (χ1) is 8.88. The highest BCUT2D eigenvalue weighted by Gasteiger charge is 2.55. The van der Waals surface area contributed by atoms with E-state index < -0.39 is 5.79 Å². The zero-order valence-corrected chi connectivity index (χ0v) is 12.2. The van der Waals surface area contributed by atoms with Gasteiger partial charge in [-0.15, -0.1) is 0 Å². The van der Waals surface area contributed by atoms with Crippen LogP contribution in [0, 0.1) is 11.3 Å². The Labute approximate surface area is 114 Å². The van der Waals surface area contributed by atoms with Crippen LogP contribution in [0.3, 0.4) is 0 Å². The Morgan fingerprint density at radius 2 is 1.95 bits per heavy atom. The van der Waals surface area contributed by atoms with Crippen LogP contribution in [0.5, 0.6) is 0 Å². The van der Waals surface area contributed by atoms with E-state index in [0.717, 1.165) is 6.42 Å². The third-order valence-electron chi connectivity index (χ3n) is 3.39. The van der Waals surface area contributed by atoms with Crippen molar-refractivity contribution in [2.45, 2.75) is 57.4 Å². The number of nitriles is 1. The van der Waals surface area contributed by atoms with Crippen LogP contribution < -0.4 is 0 Å². The Bertz CT molecular complexity index is 411. The first-order valence-electron chi connectivity index (χ1n) is 6.67. The van der Waals surface area contributed by atoms with Gasteiger partial charge in [-0.1, -0.05) is 6.92 Å². The second-order valence-electron chi connectivity index (χ2n) is 5.73. The van der Waals surface area contributed by atoms with Gasteiger partial charge in [-0.3, -0.25) is 0 Å². The molecule has 2 aliphatic heterocycles. The van der Waals surface area contributed by atoms with Gasteiger partial charge in [0.25, 0.3) is 0 Å². The Hall–Kier alpha value is -1.09. The van der Waals surface area contributed by atoms with Gasteiger partial charge in [-0.2, -0.15) is 5.26 Å². The standard InChI is InChI=1S/C14H22N2O3/c1-6-10-12-13(19-14(2,3)18-12)11(17-10)9(7-15)8-16(4)5/h8,10-13H,6H2,1-5H3/b9-8+/t10-,11+,12?,13-/m1/s1. The summed E-state index contributed by atoms with van der Waals surface area (Å²) in [6.45, 7) is 5.86. The third-order valence-corrected chi connectivity index (χ3v) is 3.39. The molecule has 2 heterocycles. The lowest BCUT2D eigenvalue weighted by Crippen LogP contribution is -2.31. The zero-order valence-electron chi connectivity index (χ0n) is 12.2. The van der Waals surface area contributed by atoms with E-state index in [1.165, 1.54) is 0 Å². The van der Waals surface area contributed by atoms with Crippen LogP contribution >= 0.6 is 0 Å². The molecule has 2 aliphatic rings. The maximum Gasteiger partial charge on any atom is 0.164 e. The number of rotatable bonds is 3. The van der Waals surface area contributed by atoms with Crippen molar-refractivity contribution >= 4 is 0 Å². The van der Waals surface area contributed by atoms with Crippen LogP contribution in [-0.2, 0) is 14.2 Å². The molecular formula is C14H22N2O3. The van der Waals surface area contributed by atoms with Crippen molar-refractivity contribution in [3.05, 3.63) is 11.8 Å². The summed E-state index contributed by atoms with van der Waals surface area (Å²) in [7, 11) is 3.77. The lowest BCUT2D eigenvalue weighted by Gasteiger charge is -2.23. The molecule has 0 spiro atoms. The molecule has 4 atom stereocenters. The lowest BCUT2D eigenvalue weighted by atomic mass is 10.0. The molecular weight excluding hydrogens is 244 g/mol. The third kappa shape index (κ3) is 2.76. The van der Waals surface area contributed by atoms with E-state index in [1.54, 1.807) is 6.20 Å². The molecule has 0 amide bonds. The fraction of sp³-hybridized carbons (Fsp3) is 0.786. The van der Waals surface area contributed by atoms with E-state index in [2.05, 4.69) is 13.0 Å². The fourth-order valence-corrected chi connectivity index (χ4v) is 2.70. The first kappa shape index (κ1) is 14.3. The predicted molar refractivity (Wildman–Crippen MR) is 70.2 cm³/mol. The molecule has 2 saturated heterocycles. The maximum atomic E-state index is 9.32. The molecule has 5 nitrogen and oxygen atoms in total. The number of hydrogen-bond donors (Lipinski definition) is 0. The summed E-state index contributed by atoms with van der Waals surface area (Å²) in [6.07, 6.45) is 1.97. The van der Waals surface area contributed by atoms with Gasteiger partial charge in [-0.25, -0.2) is 0 Å². The summed E-state index contributed by atoms with van der Waals surface area (Å²) in [5, 5.41) is 9.32. The molecule has 0 N–H and O–H groups in total.